The standard InChI is InChI=1S/C14H14N4O2S/c1-17-5-4-11-8-10(2-3-13(11)17)12-9-15-18-6-7-21(19,20)16-14(12)18/h2-5,8-9,16H,6-7H2,1H3. The molecule has 6 nitrogen and oxygen atoms in total. The smallest absolute Gasteiger partial charge is 0.235 e. The Morgan fingerprint density at radius 1 is 1.29 bits per heavy atom. The van der Waals surface area contributed by atoms with E-state index in [1.54, 1.807) is 10.9 Å². The van der Waals surface area contributed by atoms with Crippen LogP contribution in [0.1, 0.15) is 0 Å². The van der Waals surface area contributed by atoms with Crippen molar-refractivity contribution in [1.29, 1.82) is 0 Å². The van der Waals surface area contributed by atoms with E-state index in [2.05, 4.69) is 20.5 Å². The Morgan fingerprint density at radius 2 is 2.14 bits per heavy atom. The van der Waals surface area contributed by atoms with Crippen LogP contribution < -0.4 is 4.72 Å². The minimum Gasteiger partial charge on any atom is -0.351 e. The molecule has 3 aromatic rings. The number of nitrogens with one attached hydrogen (secondary N) is 1. The van der Waals surface area contributed by atoms with Crippen LogP contribution in [0.25, 0.3) is 22.0 Å². The van der Waals surface area contributed by atoms with Gasteiger partial charge in [-0.15, -0.1) is 0 Å². The molecule has 2 aromatic heterocycles. The molecule has 0 radical (unpaired) electrons. The molecule has 0 aliphatic carbocycles. The van der Waals surface area contributed by atoms with Crippen LogP contribution in [0, 0.1) is 0 Å². The minimum absolute atomic E-state index is 0.0683. The van der Waals surface area contributed by atoms with Crippen molar-refractivity contribution in [3.63, 3.8) is 0 Å². The maximum atomic E-state index is 11.8. The Morgan fingerprint density at radius 3 is 3.00 bits per heavy atom. The van der Waals surface area contributed by atoms with E-state index in [0.29, 0.717) is 12.4 Å². The summed E-state index contributed by atoms with van der Waals surface area (Å²) in [5.74, 6) is 0.621. The summed E-state index contributed by atoms with van der Waals surface area (Å²) in [5, 5.41) is 5.39. The van der Waals surface area contributed by atoms with Gasteiger partial charge in [-0.1, -0.05) is 6.07 Å². The molecule has 1 N–H and O–H groups in total. The highest BCUT2D eigenvalue weighted by Crippen LogP contribution is 2.32. The average molecular weight is 302 g/mol. The summed E-state index contributed by atoms with van der Waals surface area (Å²) in [7, 11) is -1.25. The quantitative estimate of drug-likeness (QED) is 0.745. The van der Waals surface area contributed by atoms with E-state index in [4.69, 9.17) is 0 Å². The molecule has 0 atom stereocenters. The van der Waals surface area contributed by atoms with Crippen LogP contribution in [0.3, 0.4) is 0 Å². The van der Waals surface area contributed by atoms with Gasteiger partial charge in [0, 0.05) is 29.7 Å². The molecule has 21 heavy (non-hydrogen) atoms. The summed E-state index contributed by atoms with van der Waals surface area (Å²) in [6.45, 7) is 0.387. The number of nitrogens with zero attached hydrogens (tertiary/aromatic N) is 3. The predicted octanol–water partition coefficient (Wildman–Crippen LogP) is 1.80. The lowest BCUT2D eigenvalue weighted by atomic mass is 10.1. The van der Waals surface area contributed by atoms with Gasteiger partial charge in [-0.2, -0.15) is 5.10 Å². The third-order valence-corrected chi connectivity index (χ3v) is 5.08. The molecule has 108 valence electrons. The summed E-state index contributed by atoms with van der Waals surface area (Å²) in [6, 6.07) is 8.12. The molecule has 0 bridgehead atoms. The van der Waals surface area contributed by atoms with Crippen molar-refractivity contribution in [2.75, 3.05) is 10.5 Å². The zero-order valence-corrected chi connectivity index (χ0v) is 12.3. The van der Waals surface area contributed by atoms with E-state index in [0.717, 1.165) is 22.0 Å². The van der Waals surface area contributed by atoms with Crippen molar-refractivity contribution in [2.24, 2.45) is 7.05 Å². The lowest BCUT2D eigenvalue weighted by Crippen LogP contribution is -2.28. The maximum absolute atomic E-state index is 11.8. The van der Waals surface area contributed by atoms with Crippen molar-refractivity contribution in [3.8, 4) is 11.1 Å². The molecule has 0 saturated heterocycles. The number of aromatic nitrogens is 3. The number of fused-ring (bicyclic) bond motifs is 2. The van der Waals surface area contributed by atoms with Gasteiger partial charge in [-0.3, -0.25) is 4.72 Å². The molecule has 3 heterocycles. The van der Waals surface area contributed by atoms with Crippen molar-refractivity contribution < 1.29 is 8.42 Å². The fourth-order valence-electron chi connectivity index (χ4n) is 2.73. The second-order valence-electron chi connectivity index (χ2n) is 5.25. The van der Waals surface area contributed by atoms with Crippen LogP contribution in [0.4, 0.5) is 5.82 Å². The van der Waals surface area contributed by atoms with Gasteiger partial charge in [-0.25, -0.2) is 13.1 Å². The highest BCUT2D eigenvalue weighted by atomic mass is 32.2. The Balaban J connectivity index is 1.88. The molecule has 4 rings (SSSR count). The maximum Gasteiger partial charge on any atom is 0.235 e. The first-order valence-electron chi connectivity index (χ1n) is 6.65. The number of sulfonamides is 1. The van der Waals surface area contributed by atoms with Gasteiger partial charge in [-0.05, 0) is 23.8 Å². The minimum atomic E-state index is -3.25. The molecule has 1 aromatic carbocycles. The molecule has 0 amide bonds. The molecule has 0 spiro atoms. The van der Waals surface area contributed by atoms with Gasteiger partial charge in [0.25, 0.3) is 0 Å². The Labute approximate surface area is 122 Å². The van der Waals surface area contributed by atoms with Gasteiger partial charge in [0.1, 0.15) is 5.82 Å². The van der Waals surface area contributed by atoms with E-state index in [1.807, 2.05) is 31.4 Å². The zero-order chi connectivity index (χ0) is 14.6. The first kappa shape index (κ1) is 12.5. The fraction of sp³-hybridized carbons (Fsp3) is 0.214. The summed E-state index contributed by atoms with van der Waals surface area (Å²) in [5.41, 5.74) is 2.91. The van der Waals surface area contributed by atoms with Crippen molar-refractivity contribution in [1.82, 2.24) is 14.3 Å². The summed E-state index contributed by atoms with van der Waals surface area (Å²) in [6.07, 6.45) is 3.72. The molecule has 7 heteroatoms. The molecular formula is C14H14N4O2S. The van der Waals surface area contributed by atoms with Crippen LogP contribution in [0.15, 0.2) is 36.7 Å². The van der Waals surface area contributed by atoms with Crippen molar-refractivity contribution in [2.45, 2.75) is 6.54 Å². The second-order valence-corrected chi connectivity index (χ2v) is 7.09. The van der Waals surface area contributed by atoms with Gasteiger partial charge in [0.2, 0.25) is 10.0 Å². The highest BCUT2D eigenvalue weighted by molar-refractivity contribution is 7.92. The van der Waals surface area contributed by atoms with Crippen LogP contribution in [0.2, 0.25) is 0 Å². The summed E-state index contributed by atoms with van der Waals surface area (Å²) < 4.78 is 29.9. The average Bonchev–Trinajstić information content (AvgIpc) is 3.01. The fourth-order valence-corrected chi connectivity index (χ4v) is 3.75. The van der Waals surface area contributed by atoms with Crippen molar-refractivity contribution >= 4 is 26.7 Å². The molecule has 0 saturated carbocycles. The van der Waals surface area contributed by atoms with E-state index in [1.165, 1.54) is 0 Å². The summed E-state index contributed by atoms with van der Waals surface area (Å²) in [4.78, 5) is 0. The topological polar surface area (TPSA) is 68.9 Å². The second kappa shape index (κ2) is 4.11. The number of hydrogen-bond donors (Lipinski definition) is 1. The van der Waals surface area contributed by atoms with E-state index in [9.17, 15) is 8.42 Å². The van der Waals surface area contributed by atoms with E-state index < -0.39 is 10.0 Å². The molecule has 0 fully saturated rings. The SMILES string of the molecule is Cn1ccc2cc(-c3cnn4c3NS(=O)(=O)CC4)ccc21. The Hall–Kier alpha value is -2.28. The van der Waals surface area contributed by atoms with E-state index in [-0.39, 0.29) is 5.75 Å². The first-order chi connectivity index (χ1) is 10.0. The van der Waals surface area contributed by atoms with Crippen LogP contribution >= 0.6 is 0 Å². The normalized spacial score (nSPS) is 16.6. The first-order valence-corrected chi connectivity index (χ1v) is 8.30. The molecule has 0 unspecified atom stereocenters. The number of rotatable bonds is 1. The number of anilines is 1. The number of hydrogen-bond acceptors (Lipinski definition) is 3. The van der Waals surface area contributed by atoms with Crippen molar-refractivity contribution in [3.05, 3.63) is 36.7 Å². The highest BCUT2D eigenvalue weighted by Gasteiger charge is 2.24. The molecular weight excluding hydrogens is 288 g/mol. The number of benzene rings is 1. The molecule has 1 aliphatic heterocycles. The van der Waals surface area contributed by atoms with Crippen LogP contribution in [-0.4, -0.2) is 28.5 Å². The van der Waals surface area contributed by atoms with Gasteiger partial charge >= 0.3 is 0 Å². The van der Waals surface area contributed by atoms with Crippen LogP contribution in [-0.2, 0) is 23.6 Å². The lowest BCUT2D eigenvalue weighted by Gasteiger charge is -2.17. The third kappa shape index (κ3) is 1.92. The molecule has 1 aliphatic rings. The van der Waals surface area contributed by atoms with Gasteiger partial charge in [0.05, 0.1) is 18.5 Å². The van der Waals surface area contributed by atoms with E-state index >= 15 is 0 Å². The lowest BCUT2D eigenvalue weighted by molar-refractivity contribution is 0.577. The van der Waals surface area contributed by atoms with Gasteiger partial charge in [0.15, 0.2) is 0 Å². The zero-order valence-electron chi connectivity index (χ0n) is 11.4. The largest absolute Gasteiger partial charge is 0.351 e. The third-order valence-electron chi connectivity index (χ3n) is 3.86. The predicted molar refractivity (Wildman–Crippen MR) is 81.5 cm³/mol. The van der Waals surface area contributed by atoms with Crippen LogP contribution in [0.5, 0.6) is 0 Å². The number of aryl methyl sites for hydroxylation is 2. The summed E-state index contributed by atoms with van der Waals surface area (Å²) >= 11 is 0. The Kier molecular flexibility index (Phi) is 2.44. The monoisotopic (exact) mass is 302 g/mol. The van der Waals surface area contributed by atoms with Gasteiger partial charge < -0.3 is 4.57 Å². The Bertz CT molecular complexity index is 953.